The Morgan fingerprint density at radius 2 is 1.95 bits per heavy atom. The molecule has 1 fully saturated rings. The summed E-state index contributed by atoms with van der Waals surface area (Å²) < 4.78 is 0. The van der Waals surface area contributed by atoms with Crippen LogP contribution >= 0.6 is 0 Å². The standard InChI is InChI=1S/C16H23N3O2/c1-11(2)17-10-9-15(20)19-14-6-4-3-5-13(14)16(21)18-12-7-8-12/h3-6,11-12,17H,7-10H2,1-2H3,(H,18,21)(H,19,20). The molecule has 0 aromatic heterocycles. The van der Waals surface area contributed by atoms with E-state index in [1.54, 1.807) is 18.2 Å². The highest BCUT2D eigenvalue weighted by Crippen LogP contribution is 2.21. The average molecular weight is 289 g/mol. The van der Waals surface area contributed by atoms with Gasteiger partial charge in [0.15, 0.2) is 0 Å². The minimum absolute atomic E-state index is 0.0881. The molecule has 0 radical (unpaired) electrons. The fourth-order valence-corrected chi connectivity index (χ4v) is 1.97. The summed E-state index contributed by atoms with van der Waals surface area (Å²) in [6.07, 6.45) is 2.47. The van der Waals surface area contributed by atoms with Crippen LogP contribution in [0, 0.1) is 0 Å². The summed E-state index contributed by atoms with van der Waals surface area (Å²) in [6, 6.07) is 7.77. The van der Waals surface area contributed by atoms with Gasteiger partial charge >= 0.3 is 0 Å². The third-order valence-electron chi connectivity index (χ3n) is 3.26. The summed E-state index contributed by atoms with van der Waals surface area (Å²) >= 11 is 0. The topological polar surface area (TPSA) is 70.2 Å². The fourth-order valence-electron chi connectivity index (χ4n) is 1.97. The van der Waals surface area contributed by atoms with Crippen LogP contribution in [0.2, 0.25) is 0 Å². The van der Waals surface area contributed by atoms with Crippen molar-refractivity contribution in [1.82, 2.24) is 10.6 Å². The van der Waals surface area contributed by atoms with Crippen molar-refractivity contribution in [2.24, 2.45) is 0 Å². The van der Waals surface area contributed by atoms with Crippen molar-refractivity contribution < 1.29 is 9.59 Å². The number of anilines is 1. The highest BCUT2D eigenvalue weighted by atomic mass is 16.2. The number of hydrogen-bond donors (Lipinski definition) is 3. The van der Waals surface area contributed by atoms with Crippen LogP contribution in [-0.4, -0.2) is 30.4 Å². The molecule has 3 N–H and O–H groups in total. The Kier molecular flexibility index (Phi) is 5.33. The largest absolute Gasteiger partial charge is 0.349 e. The van der Waals surface area contributed by atoms with E-state index in [4.69, 9.17) is 0 Å². The number of carbonyl (C=O) groups excluding carboxylic acids is 2. The van der Waals surface area contributed by atoms with Gasteiger partial charge in [0.1, 0.15) is 0 Å². The molecule has 0 bridgehead atoms. The van der Waals surface area contributed by atoms with Crippen LogP contribution in [0.25, 0.3) is 0 Å². The van der Waals surface area contributed by atoms with E-state index >= 15 is 0 Å². The number of nitrogens with one attached hydrogen (secondary N) is 3. The van der Waals surface area contributed by atoms with Gasteiger partial charge < -0.3 is 16.0 Å². The SMILES string of the molecule is CC(C)NCCC(=O)Nc1ccccc1C(=O)NC1CC1. The van der Waals surface area contributed by atoms with Crippen LogP contribution in [0.15, 0.2) is 24.3 Å². The first kappa shape index (κ1) is 15.5. The van der Waals surface area contributed by atoms with E-state index in [1.807, 2.05) is 19.9 Å². The van der Waals surface area contributed by atoms with Gasteiger partial charge in [-0.2, -0.15) is 0 Å². The lowest BCUT2D eigenvalue weighted by Gasteiger charge is -2.12. The first-order valence-corrected chi connectivity index (χ1v) is 7.49. The van der Waals surface area contributed by atoms with Crippen molar-refractivity contribution in [3.8, 4) is 0 Å². The van der Waals surface area contributed by atoms with E-state index < -0.39 is 0 Å². The molecular formula is C16H23N3O2. The normalized spacial score (nSPS) is 14.0. The number of hydrogen-bond acceptors (Lipinski definition) is 3. The molecule has 0 atom stereocenters. The van der Waals surface area contributed by atoms with Crippen molar-refractivity contribution in [1.29, 1.82) is 0 Å². The fraction of sp³-hybridized carbons (Fsp3) is 0.500. The molecule has 0 unspecified atom stereocenters. The van der Waals surface area contributed by atoms with Crippen molar-refractivity contribution in [3.05, 3.63) is 29.8 Å². The summed E-state index contributed by atoms with van der Waals surface area (Å²) in [5.74, 6) is -0.205. The summed E-state index contributed by atoms with van der Waals surface area (Å²) in [4.78, 5) is 24.0. The molecule has 2 amide bonds. The zero-order valence-corrected chi connectivity index (χ0v) is 12.6. The van der Waals surface area contributed by atoms with Gasteiger partial charge in [-0.05, 0) is 25.0 Å². The van der Waals surface area contributed by atoms with Gasteiger partial charge in [0, 0.05) is 25.0 Å². The molecule has 1 aliphatic carbocycles. The first-order valence-electron chi connectivity index (χ1n) is 7.49. The van der Waals surface area contributed by atoms with Gasteiger partial charge in [0.05, 0.1) is 11.3 Å². The van der Waals surface area contributed by atoms with Gasteiger partial charge in [-0.3, -0.25) is 9.59 Å². The predicted octanol–water partition coefficient (Wildman–Crippen LogP) is 1.91. The Morgan fingerprint density at radius 3 is 2.62 bits per heavy atom. The monoisotopic (exact) mass is 289 g/mol. The highest BCUT2D eigenvalue weighted by molar-refractivity contribution is 6.03. The number of amides is 2. The second-order valence-corrected chi connectivity index (χ2v) is 5.70. The van der Waals surface area contributed by atoms with Gasteiger partial charge in [0.25, 0.3) is 5.91 Å². The molecule has 0 aliphatic heterocycles. The van der Waals surface area contributed by atoms with E-state index in [9.17, 15) is 9.59 Å². The van der Waals surface area contributed by atoms with Crippen LogP contribution in [0.1, 0.15) is 43.5 Å². The van der Waals surface area contributed by atoms with Gasteiger partial charge in [-0.25, -0.2) is 0 Å². The summed E-state index contributed by atoms with van der Waals surface area (Å²) in [6.45, 7) is 4.70. The van der Waals surface area contributed by atoms with E-state index in [0.717, 1.165) is 12.8 Å². The van der Waals surface area contributed by atoms with Gasteiger partial charge in [0.2, 0.25) is 5.91 Å². The number of rotatable bonds is 7. The minimum Gasteiger partial charge on any atom is -0.349 e. The van der Waals surface area contributed by atoms with Crippen LogP contribution in [0.5, 0.6) is 0 Å². The number of carbonyl (C=O) groups is 2. The Bertz CT molecular complexity index is 510. The molecule has 114 valence electrons. The maximum atomic E-state index is 12.1. The first-order chi connectivity index (χ1) is 10.1. The van der Waals surface area contributed by atoms with Gasteiger partial charge in [-0.1, -0.05) is 26.0 Å². The van der Waals surface area contributed by atoms with E-state index in [1.165, 1.54) is 0 Å². The molecule has 1 aromatic carbocycles. The Balaban J connectivity index is 1.92. The van der Waals surface area contributed by atoms with Gasteiger partial charge in [-0.15, -0.1) is 0 Å². The average Bonchev–Trinajstić information content (AvgIpc) is 3.22. The summed E-state index contributed by atoms with van der Waals surface area (Å²) in [7, 11) is 0. The molecule has 5 nitrogen and oxygen atoms in total. The Morgan fingerprint density at radius 1 is 1.24 bits per heavy atom. The minimum atomic E-state index is -0.117. The van der Waals surface area contributed by atoms with Crippen molar-refractivity contribution >= 4 is 17.5 Å². The van der Waals surface area contributed by atoms with E-state index in [0.29, 0.717) is 36.3 Å². The van der Waals surface area contributed by atoms with E-state index in [2.05, 4.69) is 16.0 Å². The zero-order chi connectivity index (χ0) is 15.2. The predicted molar refractivity (Wildman–Crippen MR) is 83.3 cm³/mol. The maximum Gasteiger partial charge on any atom is 0.253 e. The Labute approximate surface area is 125 Å². The van der Waals surface area contributed by atoms with Crippen LogP contribution in [-0.2, 0) is 4.79 Å². The molecule has 5 heteroatoms. The molecule has 1 saturated carbocycles. The zero-order valence-electron chi connectivity index (χ0n) is 12.6. The highest BCUT2D eigenvalue weighted by Gasteiger charge is 2.24. The molecular weight excluding hydrogens is 266 g/mol. The van der Waals surface area contributed by atoms with Crippen LogP contribution in [0.3, 0.4) is 0 Å². The number of para-hydroxylation sites is 1. The third-order valence-corrected chi connectivity index (χ3v) is 3.26. The van der Waals surface area contributed by atoms with Crippen LogP contribution < -0.4 is 16.0 Å². The lowest BCUT2D eigenvalue weighted by atomic mass is 10.1. The molecule has 21 heavy (non-hydrogen) atoms. The Hall–Kier alpha value is -1.88. The van der Waals surface area contributed by atoms with Crippen molar-refractivity contribution in [2.45, 2.75) is 45.2 Å². The van der Waals surface area contributed by atoms with Crippen molar-refractivity contribution in [3.63, 3.8) is 0 Å². The second kappa shape index (κ2) is 7.22. The molecule has 1 aromatic rings. The van der Waals surface area contributed by atoms with Crippen LogP contribution in [0.4, 0.5) is 5.69 Å². The summed E-state index contributed by atoms with van der Waals surface area (Å²) in [5.41, 5.74) is 1.10. The lowest BCUT2D eigenvalue weighted by Crippen LogP contribution is -2.29. The van der Waals surface area contributed by atoms with E-state index in [-0.39, 0.29) is 11.8 Å². The third kappa shape index (κ3) is 5.19. The second-order valence-electron chi connectivity index (χ2n) is 5.70. The summed E-state index contributed by atoms with van der Waals surface area (Å²) in [5, 5.41) is 8.95. The molecule has 0 heterocycles. The van der Waals surface area contributed by atoms with Crippen molar-refractivity contribution in [2.75, 3.05) is 11.9 Å². The maximum absolute atomic E-state index is 12.1. The smallest absolute Gasteiger partial charge is 0.253 e. The molecule has 0 saturated heterocycles. The number of benzene rings is 1. The molecule has 0 spiro atoms. The molecule has 2 rings (SSSR count). The quantitative estimate of drug-likeness (QED) is 0.718. The molecule has 1 aliphatic rings. The lowest BCUT2D eigenvalue weighted by molar-refractivity contribution is -0.116.